The Morgan fingerprint density at radius 2 is 2.33 bits per heavy atom. The first-order valence-corrected chi connectivity index (χ1v) is 6.96. The first-order valence-electron chi connectivity index (χ1n) is 6.58. The minimum Gasteiger partial charge on any atom is -0.329 e. The number of hydrogen-bond acceptors (Lipinski definition) is 2. The molecule has 0 amide bonds. The second-order valence-electron chi connectivity index (χ2n) is 4.86. The van der Waals surface area contributed by atoms with Gasteiger partial charge in [0.05, 0.1) is 6.04 Å². The van der Waals surface area contributed by atoms with Crippen molar-refractivity contribution in [3.8, 4) is 0 Å². The lowest BCUT2D eigenvalue weighted by Gasteiger charge is -2.32. The van der Waals surface area contributed by atoms with Crippen molar-refractivity contribution < 1.29 is 4.39 Å². The van der Waals surface area contributed by atoms with E-state index >= 15 is 0 Å². The van der Waals surface area contributed by atoms with Gasteiger partial charge in [-0.25, -0.2) is 4.39 Å². The molecule has 2 N–H and O–H groups in total. The molecule has 1 aliphatic heterocycles. The van der Waals surface area contributed by atoms with Gasteiger partial charge in [0.25, 0.3) is 0 Å². The Labute approximate surface area is 113 Å². The lowest BCUT2D eigenvalue weighted by molar-refractivity contribution is 0.177. The summed E-state index contributed by atoms with van der Waals surface area (Å²) in [5, 5.41) is 0.431. The Morgan fingerprint density at radius 3 is 2.94 bits per heavy atom. The van der Waals surface area contributed by atoms with Gasteiger partial charge in [-0.2, -0.15) is 0 Å². The van der Waals surface area contributed by atoms with Crippen LogP contribution in [0, 0.1) is 5.82 Å². The van der Waals surface area contributed by atoms with Crippen LogP contribution in [0.25, 0.3) is 0 Å². The normalized spacial score (nSPS) is 22.3. The van der Waals surface area contributed by atoms with Crippen LogP contribution in [-0.4, -0.2) is 24.0 Å². The number of nitrogens with two attached hydrogens (primary N) is 1. The van der Waals surface area contributed by atoms with Gasteiger partial charge in [0.1, 0.15) is 5.82 Å². The molecule has 18 heavy (non-hydrogen) atoms. The van der Waals surface area contributed by atoms with E-state index in [1.807, 2.05) is 0 Å². The van der Waals surface area contributed by atoms with Crippen molar-refractivity contribution in [2.45, 2.75) is 38.3 Å². The van der Waals surface area contributed by atoms with E-state index in [0.29, 0.717) is 23.2 Å². The number of benzene rings is 1. The fourth-order valence-electron chi connectivity index (χ4n) is 2.92. The summed E-state index contributed by atoms with van der Waals surface area (Å²) in [7, 11) is 0. The Kier molecular flexibility index (Phi) is 4.60. The predicted octanol–water partition coefficient (Wildman–Crippen LogP) is 3.35. The fourth-order valence-corrected chi connectivity index (χ4v) is 3.08. The van der Waals surface area contributed by atoms with E-state index in [-0.39, 0.29) is 11.9 Å². The van der Waals surface area contributed by atoms with E-state index in [4.69, 9.17) is 17.3 Å². The third kappa shape index (κ3) is 2.68. The molecular formula is C14H20ClFN2. The van der Waals surface area contributed by atoms with E-state index in [1.54, 1.807) is 12.1 Å². The van der Waals surface area contributed by atoms with Gasteiger partial charge in [0, 0.05) is 23.2 Å². The van der Waals surface area contributed by atoms with Crippen LogP contribution in [0.4, 0.5) is 4.39 Å². The summed E-state index contributed by atoms with van der Waals surface area (Å²) in [5.41, 5.74) is 6.54. The van der Waals surface area contributed by atoms with Crippen LogP contribution in [-0.2, 0) is 0 Å². The molecule has 1 fully saturated rings. The van der Waals surface area contributed by atoms with Crippen LogP contribution in [0.5, 0.6) is 0 Å². The van der Waals surface area contributed by atoms with Gasteiger partial charge in [-0.1, -0.05) is 24.6 Å². The molecule has 100 valence electrons. The molecule has 0 saturated carbocycles. The molecule has 2 atom stereocenters. The summed E-state index contributed by atoms with van der Waals surface area (Å²) in [6.45, 7) is 3.62. The first-order chi connectivity index (χ1) is 8.67. The summed E-state index contributed by atoms with van der Waals surface area (Å²) < 4.78 is 14.0. The van der Waals surface area contributed by atoms with Crippen molar-refractivity contribution in [1.29, 1.82) is 0 Å². The van der Waals surface area contributed by atoms with Crippen LogP contribution >= 0.6 is 11.6 Å². The molecule has 1 saturated heterocycles. The first kappa shape index (κ1) is 13.8. The van der Waals surface area contributed by atoms with Gasteiger partial charge in [-0.05, 0) is 37.9 Å². The third-order valence-electron chi connectivity index (χ3n) is 3.84. The van der Waals surface area contributed by atoms with E-state index in [1.165, 1.54) is 18.9 Å². The molecule has 0 radical (unpaired) electrons. The van der Waals surface area contributed by atoms with Crippen molar-refractivity contribution in [2.75, 3.05) is 13.1 Å². The van der Waals surface area contributed by atoms with Crippen LogP contribution in [0.1, 0.15) is 37.8 Å². The zero-order valence-corrected chi connectivity index (χ0v) is 11.5. The number of nitrogens with zero attached hydrogens (tertiary/aromatic N) is 1. The van der Waals surface area contributed by atoms with Gasteiger partial charge >= 0.3 is 0 Å². The van der Waals surface area contributed by atoms with Gasteiger partial charge in [-0.15, -0.1) is 0 Å². The molecule has 0 aromatic heterocycles. The highest BCUT2D eigenvalue weighted by Gasteiger charge is 2.30. The maximum atomic E-state index is 14.0. The number of hydrogen-bond donors (Lipinski definition) is 1. The standard InChI is InChI=1S/C14H20ClFN2/c1-2-11-4-3-7-18(11)14(9-17)12-6-5-10(15)8-13(12)16/h5-6,8,11,14H,2-4,7,9,17H2,1H3. The van der Waals surface area contributed by atoms with E-state index < -0.39 is 0 Å². The smallest absolute Gasteiger partial charge is 0.129 e. The SMILES string of the molecule is CCC1CCCN1C(CN)c1ccc(Cl)cc1F. The lowest BCUT2D eigenvalue weighted by Crippen LogP contribution is -2.37. The van der Waals surface area contributed by atoms with Gasteiger partial charge in [-0.3, -0.25) is 4.90 Å². The molecule has 2 nitrogen and oxygen atoms in total. The average molecular weight is 271 g/mol. The minimum atomic E-state index is -0.250. The van der Waals surface area contributed by atoms with Gasteiger partial charge in [0.2, 0.25) is 0 Å². The quantitative estimate of drug-likeness (QED) is 0.909. The maximum Gasteiger partial charge on any atom is 0.129 e. The highest BCUT2D eigenvalue weighted by molar-refractivity contribution is 6.30. The molecule has 4 heteroatoms. The van der Waals surface area contributed by atoms with Gasteiger partial charge < -0.3 is 5.73 Å². The van der Waals surface area contributed by atoms with Crippen LogP contribution in [0.15, 0.2) is 18.2 Å². The van der Waals surface area contributed by atoms with E-state index in [9.17, 15) is 4.39 Å². The van der Waals surface area contributed by atoms with Crippen molar-refractivity contribution in [3.63, 3.8) is 0 Å². The number of halogens is 2. The highest BCUT2D eigenvalue weighted by Crippen LogP contribution is 2.32. The molecular weight excluding hydrogens is 251 g/mol. The highest BCUT2D eigenvalue weighted by atomic mass is 35.5. The van der Waals surface area contributed by atoms with Crippen molar-refractivity contribution >= 4 is 11.6 Å². The second-order valence-corrected chi connectivity index (χ2v) is 5.30. The molecule has 1 aliphatic rings. The van der Waals surface area contributed by atoms with Crippen LogP contribution in [0.3, 0.4) is 0 Å². The van der Waals surface area contributed by atoms with Crippen molar-refractivity contribution in [3.05, 3.63) is 34.6 Å². The van der Waals surface area contributed by atoms with Crippen LogP contribution < -0.4 is 5.73 Å². The number of likely N-dealkylation sites (tertiary alicyclic amines) is 1. The van der Waals surface area contributed by atoms with Crippen molar-refractivity contribution in [1.82, 2.24) is 4.90 Å². The molecule has 2 unspecified atom stereocenters. The third-order valence-corrected chi connectivity index (χ3v) is 4.07. The fraction of sp³-hybridized carbons (Fsp3) is 0.571. The average Bonchev–Trinajstić information content (AvgIpc) is 2.81. The van der Waals surface area contributed by atoms with Crippen molar-refractivity contribution in [2.24, 2.45) is 5.73 Å². The molecule has 0 aliphatic carbocycles. The Hall–Kier alpha value is -0.640. The molecule has 2 rings (SSSR count). The minimum absolute atomic E-state index is 0.0327. The summed E-state index contributed by atoms with van der Waals surface area (Å²) in [6, 6.07) is 5.36. The molecule has 1 heterocycles. The molecule has 1 aromatic rings. The largest absolute Gasteiger partial charge is 0.329 e. The Bertz CT molecular complexity index is 411. The van der Waals surface area contributed by atoms with E-state index in [0.717, 1.165) is 13.0 Å². The summed E-state index contributed by atoms with van der Waals surface area (Å²) in [5.74, 6) is -0.250. The maximum absolute atomic E-state index is 14.0. The Morgan fingerprint density at radius 1 is 1.56 bits per heavy atom. The molecule has 1 aromatic carbocycles. The second kappa shape index (κ2) is 6.00. The number of rotatable bonds is 4. The summed E-state index contributed by atoms with van der Waals surface area (Å²) >= 11 is 5.80. The lowest BCUT2D eigenvalue weighted by atomic mass is 10.0. The summed E-state index contributed by atoms with van der Waals surface area (Å²) in [6.07, 6.45) is 3.44. The zero-order chi connectivity index (χ0) is 13.1. The molecule has 0 bridgehead atoms. The Balaban J connectivity index is 2.27. The summed E-state index contributed by atoms with van der Waals surface area (Å²) in [4.78, 5) is 2.34. The molecule has 0 spiro atoms. The zero-order valence-electron chi connectivity index (χ0n) is 10.7. The van der Waals surface area contributed by atoms with Crippen LogP contribution in [0.2, 0.25) is 5.02 Å². The van der Waals surface area contributed by atoms with E-state index in [2.05, 4.69) is 11.8 Å². The topological polar surface area (TPSA) is 29.3 Å². The van der Waals surface area contributed by atoms with Gasteiger partial charge in [0.15, 0.2) is 0 Å². The monoisotopic (exact) mass is 270 g/mol. The predicted molar refractivity (Wildman–Crippen MR) is 73.2 cm³/mol.